The maximum absolute atomic E-state index is 10.8. The fraction of sp³-hybridized carbons (Fsp3) is 1.00. The highest BCUT2D eigenvalue weighted by Gasteiger charge is 2.21. The van der Waals surface area contributed by atoms with Gasteiger partial charge in [-0.1, -0.05) is 0 Å². The lowest BCUT2D eigenvalue weighted by atomic mass is 9.94. The highest BCUT2D eigenvalue weighted by Crippen LogP contribution is 2.23. The third kappa shape index (κ3) is 5.14. The van der Waals surface area contributed by atoms with E-state index >= 15 is 0 Å². The summed E-state index contributed by atoms with van der Waals surface area (Å²) in [5.74, 6) is 0.738. The van der Waals surface area contributed by atoms with Gasteiger partial charge in [-0.2, -0.15) is 0 Å². The molecule has 2 unspecified atom stereocenters. The van der Waals surface area contributed by atoms with E-state index in [1.165, 1.54) is 25.9 Å². The molecule has 0 radical (unpaired) electrons. The van der Waals surface area contributed by atoms with Crippen LogP contribution in [-0.4, -0.2) is 37.3 Å². The minimum absolute atomic E-state index is 0.652. The first-order chi connectivity index (χ1) is 7.09. The van der Waals surface area contributed by atoms with Crippen molar-refractivity contribution in [3.05, 3.63) is 0 Å². The van der Waals surface area contributed by atoms with Crippen LogP contribution in [0.5, 0.6) is 0 Å². The fourth-order valence-electron chi connectivity index (χ4n) is 2.17. The molecule has 1 rings (SSSR count). The highest BCUT2D eigenvalue weighted by molar-refractivity contribution is 7.38. The number of piperidine rings is 1. The SMILES string of the molecule is CC(C)N1CCCC(CCO[PH](C)=O)C1. The molecule has 1 fully saturated rings. The van der Waals surface area contributed by atoms with E-state index in [1.54, 1.807) is 6.66 Å². The van der Waals surface area contributed by atoms with Gasteiger partial charge in [0.15, 0.2) is 8.03 Å². The normalized spacial score (nSPS) is 25.7. The molecule has 0 aromatic carbocycles. The standard InChI is InChI=1S/C11H24NO2P/c1-10(2)12-7-4-5-11(9-12)6-8-14-15(3)13/h10-11,15H,4-9H2,1-3H3. The van der Waals surface area contributed by atoms with Crippen LogP contribution < -0.4 is 0 Å². The molecule has 0 aromatic rings. The average Bonchev–Trinajstić information content (AvgIpc) is 2.17. The van der Waals surface area contributed by atoms with Crippen molar-refractivity contribution < 1.29 is 9.09 Å². The van der Waals surface area contributed by atoms with Gasteiger partial charge in [0.1, 0.15) is 0 Å². The maximum Gasteiger partial charge on any atom is 0.188 e. The molecule has 0 bridgehead atoms. The van der Waals surface area contributed by atoms with E-state index in [2.05, 4.69) is 18.7 Å². The predicted molar refractivity (Wildman–Crippen MR) is 64.9 cm³/mol. The summed E-state index contributed by atoms with van der Waals surface area (Å²) in [4.78, 5) is 2.53. The van der Waals surface area contributed by atoms with Gasteiger partial charge in [0.2, 0.25) is 0 Å². The van der Waals surface area contributed by atoms with Crippen molar-refractivity contribution in [2.45, 2.75) is 39.2 Å². The van der Waals surface area contributed by atoms with Gasteiger partial charge < -0.3 is 9.42 Å². The van der Waals surface area contributed by atoms with Gasteiger partial charge in [0, 0.05) is 19.3 Å². The van der Waals surface area contributed by atoms with Crippen LogP contribution in [0.4, 0.5) is 0 Å². The zero-order chi connectivity index (χ0) is 11.3. The predicted octanol–water partition coefficient (Wildman–Crippen LogP) is 2.62. The Morgan fingerprint density at radius 3 is 2.87 bits per heavy atom. The highest BCUT2D eigenvalue weighted by atomic mass is 31.1. The first kappa shape index (κ1) is 13.2. The van der Waals surface area contributed by atoms with E-state index < -0.39 is 8.03 Å². The van der Waals surface area contributed by atoms with Gasteiger partial charge in [-0.25, -0.2) is 0 Å². The summed E-state index contributed by atoms with van der Waals surface area (Å²) in [6.45, 7) is 9.26. The van der Waals surface area contributed by atoms with Crippen molar-refractivity contribution in [3.63, 3.8) is 0 Å². The zero-order valence-corrected chi connectivity index (χ0v) is 11.2. The van der Waals surface area contributed by atoms with Crippen LogP contribution in [0.25, 0.3) is 0 Å². The smallest absolute Gasteiger partial charge is 0.188 e. The minimum Gasteiger partial charge on any atom is -0.331 e. The Bertz CT molecular complexity index is 209. The summed E-state index contributed by atoms with van der Waals surface area (Å²) in [5.41, 5.74) is 0. The van der Waals surface area contributed by atoms with Crippen molar-refractivity contribution in [3.8, 4) is 0 Å². The molecule has 2 atom stereocenters. The summed E-state index contributed by atoms with van der Waals surface area (Å²) in [6.07, 6.45) is 3.66. The molecule has 0 spiro atoms. The molecule has 0 saturated carbocycles. The summed E-state index contributed by atoms with van der Waals surface area (Å²) >= 11 is 0. The summed E-state index contributed by atoms with van der Waals surface area (Å²) in [6, 6.07) is 0.652. The molecule has 1 saturated heterocycles. The molecule has 3 nitrogen and oxygen atoms in total. The Balaban J connectivity index is 2.21. The molecule has 1 aliphatic heterocycles. The summed E-state index contributed by atoms with van der Waals surface area (Å²) in [7, 11) is -1.73. The molecular weight excluding hydrogens is 209 g/mol. The van der Waals surface area contributed by atoms with Crippen molar-refractivity contribution in [1.82, 2.24) is 4.90 Å². The molecule has 90 valence electrons. The van der Waals surface area contributed by atoms with Crippen molar-refractivity contribution in [2.24, 2.45) is 5.92 Å². The largest absolute Gasteiger partial charge is 0.331 e. The van der Waals surface area contributed by atoms with E-state index in [-0.39, 0.29) is 0 Å². The Kier molecular flexibility index (Phi) is 5.88. The van der Waals surface area contributed by atoms with Crippen LogP contribution in [0.2, 0.25) is 0 Å². The van der Waals surface area contributed by atoms with Crippen LogP contribution in [0, 0.1) is 5.92 Å². The quantitative estimate of drug-likeness (QED) is 0.684. The Labute approximate surface area is 94.0 Å². The van der Waals surface area contributed by atoms with Gasteiger partial charge in [-0.15, -0.1) is 0 Å². The van der Waals surface area contributed by atoms with Crippen molar-refractivity contribution in [2.75, 3.05) is 26.4 Å². The average molecular weight is 233 g/mol. The van der Waals surface area contributed by atoms with Gasteiger partial charge in [-0.3, -0.25) is 4.57 Å². The van der Waals surface area contributed by atoms with Crippen LogP contribution in [-0.2, 0) is 9.09 Å². The van der Waals surface area contributed by atoms with E-state index in [1.807, 2.05) is 0 Å². The number of hydrogen-bond acceptors (Lipinski definition) is 3. The number of rotatable bonds is 5. The third-order valence-corrected chi connectivity index (χ3v) is 3.72. The van der Waals surface area contributed by atoms with Crippen LogP contribution in [0.15, 0.2) is 0 Å². The van der Waals surface area contributed by atoms with Gasteiger partial charge in [0.25, 0.3) is 0 Å². The monoisotopic (exact) mass is 233 g/mol. The molecule has 0 aliphatic carbocycles. The van der Waals surface area contributed by atoms with Gasteiger partial charge in [0.05, 0.1) is 6.61 Å². The number of hydrogen-bond donors (Lipinski definition) is 0. The second-order valence-electron chi connectivity index (χ2n) is 4.73. The molecule has 1 aliphatic rings. The van der Waals surface area contributed by atoms with E-state index in [4.69, 9.17) is 4.52 Å². The second kappa shape index (κ2) is 6.67. The van der Waals surface area contributed by atoms with Gasteiger partial charge in [-0.05, 0) is 45.6 Å². The first-order valence-electron chi connectivity index (χ1n) is 5.97. The lowest BCUT2D eigenvalue weighted by molar-refractivity contribution is 0.126. The third-order valence-electron chi connectivity index (χ3n) is 3.11. The van der Waals surface area contributed by atoms with Crippen LogP contribution in [0.3, 0.4) is 0 Å². The van der Waals surface area contributed by atoms with Crippen LogP contribution in [0.1, 0.15) is 33.1 Å². The lowest BCUT2D eigenvalue weighted by Gasteiger charge is -2.35. The Morgan fingerprint density at radius 1 is 1.53 bits per heavy atom. The minimum atomic E-state index is -1.73. The van der Waals surface area contributed by atoms with E-state index in [9.17, 15) is 4.57 Å². The maximum atomic E-state index is 10.8. The summed E-state index contributed by atoms with van der Waals surface area (Å²) in [5, 5.41) is 0. The Morgan fingerprint density at radius 2 is 2.27 bits per heavy atom. The topological polar surface area (TPSA) is 29.5 Å². The molecule has 0 aromatic heterocycles. The number of likely N-dealkylation sites (tertiary alicyclic amines) is 1. The van der Waals surface area contributed by atoms with Crippen molar-refractivity contribution in [1.29, 1.82) is 0 Å². The van der Waals surface area contributed by atoms with E-state index in [0.29, 0.717) is 12.6 Å². The fourth-order valence-corrected chi connectivity index (χ4v) is 2.58. The molecule has 0 N–H and O–H groups in total. The molecule has 0 amide bonds. The van der Waals surface area contributed by atoms with Gasteiger partial charge >= 0.3 is 0 Å². The Hall–Kier alpha value is 0.150. The molecule has 4 heteroatoms. The van der Waals surface area contributed by atoms with Crippen molar-refractivity contribution >= 4 is 8.03 Å². The molecular formula is C11H24NO2P. The molecule has 1 heterocycles. The zero-order valence-electron chi connectivity index (χ0n) is 10.2. The van der Waals surface area contributed by atoms with Crippen LogP contribution >= 0.6 is 8.03 Å². The summed E-state index contributed by atoms with van der Waals surface area (Å²) < 4.78 is 16.0. The lowest BCUT2D eigenvalue weighted by Crippen LogP contribution is -2.40. The second-order valence-corrected chi connectivity index (χ2v) is 6.00. The molecule has 15 heavy (non-hydrogen) atoms. The van der Waals surface area contributed by atoms with E-state index in [0.717, 1.165) is 12.3 Å². The number of nitrogens with zero attached hydrogens (tertiary/aromatic N) is 1. The first-order valence-corrected chi connectivity index (χ1v) is 7.78.